The summed E-state index contributed by atoms with van der Waals surface area (Å²) in [6.45, 7) is 7.55. The first-order valence-corrected chi connectivity index (χ1v) is 10.3. The third kappa shape index (κ3) is 3.31. The number of rotatable bonds is 5. The Morgan fingerprint density at radius 3 is 2.29 bits per heavy atom. The molecule has 1 aromatic heterocycles. The van der Waals surface area contributed by atoms with Crippen LogP contribution in [0, 0.1) is 12.3 Å². The van der Waals surface area contributed by atoms with Gasteiger partial charge < -0.3 is 0 Å². The van der Waals surface area contributed by atoms with Gasteiger partial charge in [-0.2, -0.15) is 4.31 Å². The molecule has 0 saturated carbocycles. The van der Waals surface area contributed by atoms with Gasteiger partial charge in [0, 0.05) is 22.8 Å². The summed E-state index contributed by atoms with van der Waals surface area (Å²) in [5.74, 6) is 0.371. The van der Waals surface area contributed by atoms with Crippen molar-refractivity contribution in [1.82, 2.24) is 4.31 Å². The molecule has 0 atom stereocenters. The Morgan fingerprint density at radius 2 is 1.86 bits per heavy atom. The minimum atomic E-state index is -3.36. The van der Waals surface area contributed by atoms with Gasteiger partial charge >= 0.3 is 0 Å². The van der Waals surface area contributed by atoms with E-state index >= 15 is 0 Å². The Labute approximate surface area is 137 Å². The highest BCUT2D eigenvalue weighted by Gasteiger charge is 2.37. The molecule has 2 heterocycles. The largest absolute Gasteiger partial charge is 0.244 e. The van der Waals surface area contributed by atoms with Crippen molar-refractivity contribution in [2.75, 3.05) is 13.1 Å². The van der Waals surface area contributed by atoms with E-state index in [0.717, 1.165) is 35.4 Å². The van der Waals surface area contributed by atoms with Crippen LogP contribution in [0.25, 0.3) is 0 Å². The molecule has 0 aromatic carbocycles. The van der Waals surface area contributed by atoms with Crippen LogP contribution in [-0.2, 0) is 15.9 Å². The molecule has 1 fully saturated rings. The van der Waals surface area contributed by atoms with E-state index in [2.05, 4.69) is 13.8 Å². The lowest BCUT2D eigenvalue weighted by Gasteiger charge is -2.40. The number of sulfonamides is 1. The zero-order valence-electron chi connectivity index (χ0n) is 13.0. The number of nitrogens with zero attached hydrogens (tertiary/aromatic N) is 1. The fourth-order valence-electron chi connectivity index (χ4n) is 3.14. The highest BCUT2D eigenvalue weighted by molar-refractivity contribution is 7.89. The molecule has 120 valence electrons. The monoisotopic (exact) mass is 349 g/mol. The van der Waals surface area contributed by atoms with E-state index in [9.17, 15) is 8.42 Å². The molecule has 0 amide bonds. The smallest absolute Gasteiger partial charge is 0.207 e. The number of thiophene rings is 1. The van der Waals surface area contributed by atoms with Crippen LogP contribution in [0.15, 0.2) is 11.0 Å². The summed E-state index contributed by atoms with van der Waals surface area (Å²) in [5, 5.41) is 0. The van der Waals surface area contributed by atoms with E-state index in [0.29, 0.717) is 29.3 Å². The number of aryl methyl sites for hydroxylation is 1. The number of hydrogen-bond donors (Lipinski definition) is 0. The van der Waals surface area contributed by atoms with Crippen molar-refractivity contribution in [3.63, 3.8) is 0 Å². The Bertz CT molecular complexity index is 581. The molecule has 21 heavy (non-hydrogen) atoms. The van der Waals surface area contributed by atoms with E-state index in [1.54, 1.807) is 10.4 Å². The van der Waals surface area contributed by atoms with Gasteiger partial charge in [0.15, 0.2) is 0 Å². The highest BCUT2D eigenvalue weighted by atomic mass is 35.5. The molecule has 0 aliphatic carbocycles. The Kier molecular flexibility index (Phi) is 5.40. The number of hydrogen-bond acceptors (Lipinski definition) is 3. The summed E-state index contributed by atoms with van der Waals surface area (Å²) in [6, 6.07) is 1.74. The molecule has 0 bridgehead atoms. The van der Waals surface area contributed by atoms with Gasteiger partial charge in [-0.25, -0.2) is 8.42 Å². The van der Waals surface area contributed by atoms with Crippen molar-refractivity contribution in [2.45, 2.75) is 57.2 Å². The van der Waals surface area contributed by atoms with Gasteiger partial charge in [0.25, 0.3) is 0 Å². The third-order valence-corrected chi connectivity index (χ3v) is 8.61. The van der Waals surface area contributed by atoms with E-state index in [4.69, 9.17) is 11.6 Å². The SMILES string of the molecule is CCC1(CC)CCN(S(=O)(=O)c2cc(CCl)sc2C)CC1. The van der Waals surface area contributed by atoms with Crippen LogP contribution >= 0.6 is 22.9 Å². The first-order chi connectivity index (χ1) is 9.88. The second-order valence-corrected chi connectivity index (χ2v) is 9.39. The molecule has 0 unspecified atom stereocenters. The molecule has 1 saturated heterocycles. The van der Waals surface area contributed by atoms with Crippen LogP contribution in [0.1, 0.15) is 49.3 Å². The van der Waals surface area contributed by atoms with Gasteiger partial charge in [-0.3, -0.25) is 0 Å². The van der Waals surface area contributed by atoms with Gasteiger partial charge in [0.1, 0.15) is 0 Å². The quantitative estimate of drug-likeness (QED) is 0.739. The molecule has 0 radical (unpaired) electrons. The van der Waals surface area contributed by atoms with Crippen molar-refractivity contribution >= 4 is 33.0 Å². The Morgan fingerprint density at radius 1 is 1.29 bits per heavy atom. The maximum atomic E-state index is 12.8. The Hall–Kier alpha value is -0.100. The van der Waals surface area contributed by atoms with Crippen molar-refractivity contribution in [1.29, 1.82) is 0 Å². The zero-order chi connectivity index (χ0) is 15.7. The van der Waals surface area contributed by atoms with Gasteiger partial charge in [0.05, 0.1) is 10.8 Å². The van der Waals surface area contributed by atoms with Gasteiger partial charge in [-0.1, -0.05) is 26.7 Å². The predicted molar refractivity (Wildman–Crippen MR) is 89.6 cm³/mol. The van der Waals surface area contributed by atoms with Crippen molar-refractivity contribution in [3.05, 3.63) is 15.8 Å². The molecule has 2 rings (SSSR count). The van der Waals surface area contributed by atoms with Gasteiger partial charge in [-0.15, -0.1) is 22.9 Å². The molecule has 1 aliphatic heterocycles. The van der Waals surface area contributed by atoms with Crippen LogP contribution in [-0.4, -0.2) is 25.8 Å². The second kappa shape index (κ2) is 6.57. The van der Waals surface area contributed by atoms with Crippen molar-refractivity contribution in [3.8, 4) is 0 Å². The fourth-order valence-corrected chi connectivity index (χ4v) is 6.28. The maximum Gasteiger partial charge on any atom is 0.244 e. The molecule has 1 aromatic rings. The fraction of sp³-hybridized carbons (Fsp3) is 0.733. The van der Waals surface area contributed by atoms with Crippen molar-refractivity contribution < 1.29 is 8.42 Å². The zero-order valence-corrected chi connectivity index (χ0v) is 15.4. The summed E-state index contributed by atoms with van der Waals surface area (Å²) in [5.41, 5.74) is 0.330. The van der Waals surface area contributed by atoms with Crippen LogP contribution in [0.4, 0.5) is 0 Å². The minimum Gasteiger partial charge on any atom is -0.207 e. The second-order valence-electron chi connectivity index (χ2n) is 5.88. The Balaban J connectivity index is 2.20. The van der Waals surface area contributed by atoms with Crippen LogP contribution in [0.2, 0.25) is 0 Å². The molecular formula is C15H24ClNO2S2. The first kappa shape index (κ1) is 17.3. The number of alkyl halides is 1. The normalized spacial score (nSPS) is 19.8. The standard InChI is InChI=1S/C15H24ClNO2S2/c1-4-15(5-2)6-8-17(9-7-15)21(18,19)14-10-13(11-16)20-12(14)3/h10H,4-9,11H2,1-3H3. The average Bonchev–Trinajstić information content (AvgIpc) is 2.89. The van der Waals surface area contributed by atoms with E-state index < -0.39 is 10.0 Å². The minimum absolute atomic E-state index is 0.330. The predicted octanol–water partition coefficient (Wildman–Crippen LogP) is 4.39. The van der Waals surface area contributed by atoms with Crippen LogP contribution in [0.3, 0.4) is 0 Å². The van der Waals surface area contributed by atoms with E-state index in [1.807, 2.05) is 6.92 Å². The summed E-state index contributed by atoms with van der Waals surface area (Å²) >= 11 is 7.30. The highest BCUT2D eigenvalue weighted by Crippen LogP contribution is 2.40. The van der Waals surface area contributed by atoms with Crippen LogP contribution < -0.4 is 0 Å². The molecule has 0 N–H and O–H groups in total. The molecule has 1 aliphatic rings. The molecule has 3 nitrogen and oxygen atoms in total. The first-order valence-electron chi connectivity index (χ1n) is 7.54. The molecular weight excluding hydrogens is 326 g/mol. The van der Waals surface area contributed by atoms with Crippen molar-refractivity contribution in [2.24, 2.45) is 5.41 Å². The lowest BCUT2D eigenvalue weighted by Crippen LogP contribution is -2.42. The number of halogens is 1. The average molecular weight is 350 g/mol. The van der Waals surface area contributed by atoms with Gasteiger partial charge in [0.2, 0.25) is 10.0 Å². The van der Waals surface area contributed by atoms with Crippen LogP contribution in [0.5, 0.6) is 0 Å². The number of piperidine rings is 1. The van der Waals surface area contributed by atoms with E-state index in [1.165, 1.54) is 11.3 Å². The maximum absolute atomic E-state index is 12.8. The topological polar surface area (TPSA) is 37.4 Å². The lowest BCUT2D eigenvalue weighted by atomic mass is 9.75. The summed E-state index contributed by atoms with van der Waals surface area (Å²) in [6.07, 6.45) is 4.19. The lowest BCUT2D eigenvalue weighted by molar-refractivity contribution is 0.141. The summed E-state index contributed by atoms with van der Waals surface area (Å²) < 4.78 is 27.3. The molecule has 6 heteroatoms. The van der Waals surface area contributed by atoms with E-state index in [-0.39, 0.29) is 0 Å². The molecule has 0 spiro atoms. The summed E-state index contributed by atoms with van der Waals surface area (Å²) in [4.78, 5) is 2.21. The van der Waals surface area contributed by atoms with Gasteiger partial charge in [-0.05, 0) is 31.2 Å². The summed E-state index contributed by atoms with van der Waals surface area (Å²) in [7, 11) is -3.36. The third-order valence-electron chi connectivity index (χ3n) is 4.96.